The molecule has 162 valence electrons. The Morgan fingerprint density at radius 2 is 1.90 bits per heavy atom. The highest BCUT2D eigenvalue weighted by Gasteiger charge is 2.25. The van der Waals surface area contributed by atoms with Gasteiger partial charge in [-0.3, -0.25) is 19.5 Å². The van der Waals surface area contributed by atoms with Crippen molar-refractivity contribution in [3.8, 4) is 17.2 Å². The summed E-state index contributed by atoms with van der Waals surface area (Å²) in [6.45, 7) is 0. The first-order valence-electron chi connectivity index (χ1n) is 9.16. The number of halogens is 1. The van der Waals surface area contributed by atoms with Gasteiger partial charge in [0.2, 0.25) is 0 Å². The van der Waals surface area contributed by atoms with Crippen LogP contribution in [-0.2, 0) is 4.79 Å². The Morgan fingerprint density at radius 1 is 1.16 bits per heavy atom. The van der Waals surface area contributed by atoms with Crippen molar-refractivity contribution in [2.24, 2.45) is 0 Å². The van der Waals surface area contributed by atoms with Gasteiger partial charge in [-0.05, 0) is 18.2 Å². The molecule has 1 aromatic heterocycles. The first-order valence-corrected chi connectivity index (χ1v) is 9.16. The van der Waals surface area contributed by atoms with Crippen molar-refractivity contribution in [2.45, 2.75) is 12.5 Å². The first-order chi connectivity index (χ1) is 14.8. The molecule has 3 aromatic rings. The van der Waals surface area contributed by atoms with Crippen LogP contribution < -0.4 is 20.3 Å². The van der Waals surface area contributed by atoms with Crippen LogP contribution in [0.25, 0.3) is 5.69 Å². The quantitative estimate of drug-likeness (QED) is 0.505. The molecule has 1 amide bonds. The normalized spacial score (nSPS) is 11.6. The molecule has 1 atom stereocenters. The minimum atomic E-state index is -1.16. The number of aromatic nitrogens is 2. The molecular formula is C21H20FN3O6. The predicted octanol–water partition coefficient (Wildman–Crippen LogP) is 2.27. The van der Waals surface area contributed by atoms with Crippen LogP contribution in [0.4, 0.5) is 4.39 Å². The third kappa shape index (κ3) is 4.58. The molecule has 0 fully saturated rings. The van der Waals surface area contributed by atoms with E-state index >= 15 is 0 Å². The highest BCUT2D eigenvalue weighted by molar-refractivity contribution is 5.92. The first kappa shape index (κ1) is 21.6. The maximum Gasteiger partial charge on any atom is 0.305 e. The Labute approximate surface area is 176 Å². The number of nitrogens with one attached hydrogen (secondary N) is 2. The minimum Gasteiger partial charge on any atom is -0.493 e. The van der Waals surface area contributed by atoms with Crippen LogP contribution in [-0.4, -0.2) is 41.0 Å². The molecule has 0 aliphatic carbocycles. The second-order valence-electron chi connectivity index (χ2n) is 6.50. The van der Waals surface area contributed by atoms with Gasteiger partial charge >= 0.3 is 5.97 Å². The number of carbonyl (C=O) groups is 2. The summed E-state index contributed by atoms with van der Waals surface area (Å²) in [6, 6.07) is 10.5. The SMILES string of the molecule is COc1cccc([C@H](CC(=O)O)NC(=O)c2cc(=O)n(-c3ccccc3F)[nH]2)c1OC. The zero-order valence-electron chi connectivity index (χ0n) is 16.7. The number of aliphatic carboxylic acids is 1. The average molecular weight is 429 g/mol. The molecule has 0 saturated heterocycles. The van der Waals surface area contributed by atoms with E-state index in [-0.39, 0.29) is 17.1 Å². The summed E-state index contributed by atoms with van der Waals surface area (Å²) in [6.07, 6.45) is -0.451. The predicted molar refractivity (Wildman–Crippen MR) is 108 cm³/mol. The molecule has 31 heavy (non-hydrogen) atoms. The number of para-hydroxylation sites is 2. The lowest BCUT2D eigenvalue weighted by Gasteiger charge is -2.21. The highest BCUT2D eigenvalue weighted by Crippen LogP contribution is 2.35. The number of carboxylic acid groups (broad SMARTS) is 1. The zero-order chi connectivity index (χ0) is 22.5. The molecule has 0 unspecified atom stereocenters. The monoisotopic (exact) mass is 429 g/mol. The van der Waals surface area contributed by atoms with Gasteiger partial charge in [0.05, 0.1) is 26.7 Å². The van der Waals surface area contributed by atoms with Gasteiger partial charge in [-0.15, -0.1) is 0 Å². The number of H-pyrrole nitrogens is 1. The van der Waals surface area contributed by atoms with Crippen molar-refractivity contribution < 1.29 is 28.6 Å². The molecule has 0 aliphatic rings. The number of methoxy groups -OCH3 is 2. The smallest absolute Gasteiger partial charge is 0.305 e. The lowest BCUT2D eigenvalue weighted by Crippen LogP contribution is -2.31. The van der Waals surface area contributed by atoms with Gasteiger partial charge in [-0.1, -0.05) is 24.3 Å². The fraction of sp³-hybridized carbons (Fsp3) is 0.190. The Hall–Kier alpha value is -4.08. The fourth-order valence-electron chi connectivity index (χ4n) is 3.16. The molecule has 2 aromatic carbocycles. The summed E-state index contributed by atoms with van der Waals surface area (Å²) in [5, 5.41) is 14.4. The van der Waals surface area contributed by atoms with Gasteiger partial charge in [-0.25, -0.2) is 9.07 Å². The van der Waals surface area contributed by atoms with Crippen molar-refractivity contribution in [3.05, 3.63) is 76.0 Å². The van der Waals surface area contributed by atoms with Crippen LogP contribution in [0.1, 0.15) is 28.5 Å². The van der Waals surface area contributed by atoms with Gasteiger partial charge < -0.3 is 19.9 Å². The average Bonchev–Trinajstić information content (AvgIpc) is 3.14. The van der Waals surface area contributed by atoms with E-state index in [1.165, 1.54) is 32.4 Å². The van der Waals surface area contributed by atoms with Crippen molar-refractivity contribution in [1.29, 1.82) is 0 Å². The summed E-state index contributed by atoms with van der Waals surface area (Å²) < 4.78 is 25.5. The number of carboxylic acids is 1. The fourth-order valence-corrected chi connectivity index (χ4v) is 3.16. The summed E-state index contributed by atoms with van der Waals surface area (Å²) in [5.74, 6) is -1.92. The van der Waals surface area contributed by atoms with E-state index in [0.717, 1.165) is 10.7 Å². The van der Waals surface area contributed by atoms with Gasteiger partial charge in [0.1, 0.15) is 17.2 Å². The molecule has 0 bridgehead atoms. The molecule has 3 N–H and O–H groups in total. The van der Waals surface area contributed by atoms with E-state index in [1.807, 2.05) is 0 Å². The molecule has 9 nitrogen and oxygen atoms in total. The third-order valence-electron chi connectivity index (χ3n) is 4.55. The van der Waals surface area contributed by atoms with E-state index in [0.29, 0.717) is 11.3 Å². The zero-order valence-corrected chi connectivity index (χ0v) is 16.7. The van der Waals surface area contributed by atoms with E-state index in [1.54, 1.807) is 24.3 Å². The topological polar surface area (TPSA) is 123 Å². The van der Waals surface area contributed by atoms with Crippen LogP contribution in [0, 0.1) is 5.82 Å². The van der Waals surface area contributed by atoms with Gasteiger partial charge in [0.15, 0.2) is 11.5 Å². The number of nitrogens with zero attached hydrogens (tertiary/aromatic N) is 1. The summed E-state index contributed by atoms with van der Waals surface area (Å²) in [4.78, 5) is 36.5. The van der Waals surface area contributed by atoms with E-state index < -0.39 is 35.7 Å². The Morgan fingerprint density at radius 3 is 2.55 bits per heavy atom. The second kappa shape index (κ2) is 9.16. The number of hydrogen-bond donors (Lipinski definition) is 3. The number of rotatable bonds is 8. The van der Waals surface area contributed by atoms with Crippen molar-refractivity contribution in [3.63, 3.8) is 0 Å². The third-order valence-corrected chi connectivity index (χ3v) is 4.55. The largest absolute Gasteiger partial charge is 0.493 e. The molecule has 3 rings (SSSR count). The molecule has 0 radical (unpaired) electrons. The molecular weight excluding hydrogens is 409 g/mol. The van der Waals surface area contributed by atoms with Gasteiger partial charge in [0.25, 0.3) is 11.5 Å². The van der Waals surface area contributed by atoms with Crippen LogP contribution >= 0.6 is 0 Å². The number of ether oxygens (including phenoxy) is 2. The Kier molecular flexibility index (Phi) is 6.39. The van der Waals surface area contributed by atoms with E-state index in [2.05, 4.69) is 10.4 Å². The second-order valence-corrected chi connectivity index (χ2v) is 6.50. The number of hydrogen-bond acceptors (Lipinski definition) is 5. The van der Waals surface area contributed by atoms with Crippen molar-refractivity contribution in [1.82, 2.24) is 15.1 Å². The maximum atomic E-state index is 14.0. The Balaban J connectivity index is 1.95. The number of amides is 1. The van der Waals surface area contributed by atoms with E-state index in [9.17, 15) is 23.9 Å². The Bertz CT molecular complexity index is 1170. The van der Waals surface area contributed by atoms with Gasteiger partial charge in [0, 0.05) is 11.6 Å². The standard InChI is InChI=1S/C21H20FN3O6/c1-30-17-9-5-6-12(20(17)31-2)14(11-19(27)28)23-21(29)15-10-18(26)25(24-15)16-8-4-3-7-13(16)22/h3-10,14,24H,11H2,1-2H3,(H,23,29)(H,27,28)/t14-/m0/s1. The number of carbonyl (C=O) groups excluding carboxylic acids is 1. The molecule has 0 spiro atoms. The van der Waals surface area contributed by atoms with Crippen LogP contribution in [0.15, 0.2) is 53.3 Å². The molecule has 10 heteroatoms. The lowest BCUT2D eigenvalue weighted by molar-refractivity contribution is -0.137. The molecule has 1 heterocycles. The molecule has 0 saturated carbocycles. The lowest BCUT2D eigenvalue weighted by atomic mass is 10.0. The van der Waals surface area contributed by atoms with Crippen LogP contribution in [0.5, 0.6) is 11.5 Å². The summed E-state index contributed by atoms with van der Waals surface area (Å²) >= 11 is 0. The summed E-state index contributed by atoms with van der Waals surface area (Å²) in [5.41, 5.74) is -0.480. The van der Waals surface area contributed by atoms with Gasteiger partial charge in [-0.2, -0.15) is 0 Å². The van der Waals surface area contributed by atoms with Crippen LogP contribution in [0.2, 0.25) is 0 Å². The molecule has 0 aliphatic heterocycles. The maximum absolute atomic E-state index is 14.0. The minimum absolute atomic E-state index is 0.0527. The van der Waals surface area contributed by atoms with Crippen LogP contribution in [0.3, 0.4) is 0 Å². The summed E-state index contributed by atoms with van der Waals surface area (Å²) in [7, 11) is 2.83. The van der Waals surface area contributed by atoms with Crippen molar-refractivity contribution >= 4 is 11.9 Å². The van der Waals surface area contributed by atoms with Crippen molar-refractivity contribution in [2.75, 3.05) is 14.2 Å². The number of aromatic amines is 1. The highest BCUT2D eigenvalue weighted by atomic mass is 19.1. The van der Waals surface area contributed by atoms with E-state index in [4.69, 9.17) is 9.47 Å². The number of benzene rings is 2.